The Morgan fingerprint density at radius 3 is 1.50 bits per heavy atom. The van der Waals surface area contributed by atoms with Crippen LogP contribution in [0.4, 0.5) is 0 Å². The maximum atomic E-state index is 10.9. The Kier molecular flexibility index (Phi) is 1.32. The number of rotatable bonds is 2. The van der Waals surface area contributed by atoms with E-state index in [-0.39, 0.29) is 12.2 Å². The van der Waals surface area contributed by atoms with Crippen molar-refractivity contribution < 1.29 is 29.3 Å². The Bertz CT molecular complexity index is 296. The Balaban J connectivity index is 1.95. The third-order valence-electron chi connectivity index (χ3n) is 3.19. The summed E-state index contributed by atoms with van der Waals surface area (Å²) in [4.78, 5) is 21.7. The molecule has 6 atom stereocenters. The molecule has 2 bridgehead atoms. The molecule has 0 amide bonds. The number of aliphatic carboxylic acids is 2. The van der Waals surface area contributed by atoms with Gasteiger partial charge in [0.05, 0.1) is 0 Å². The molecule has 3 rings (SSSR count). The number of carbonyl (C=O) groups is 2. The molecule has 14 heavy (non-hydrogen) atoms. The average molecular weight is 200 g/mol. The molecular weight excluding hydrogens is 192 g/mol. The molecule has 6 nitrogen and oxygen atoms in total. The van der Waals surface area contributed by atoms with E-state index in [1.807, 2.05) is 0 Å². The van der Waals surface area contributed by atoms with Gasteiger partial charge in [-0.25, -0.2) is 0 Å². The van der Waals surface area contributed by atoms with E-state index >= 15 is 0 Å². The maximum Gasteiger partial charge on any atom is 0.310 e. The van der Waals surface area contributed by atoms with Crippen molar-refractivity contribution in [2.24, 2.45) is 11.8 Å². The van der Waals surface area contributed by atoms with Gasteiger partial charge in [-0.2, -0.15) is 0 Å². The van der Waals surface area contributed by atoms with E-state index in [0.717, 1.165) is 0 Å². The van der Waals surface area contributed by atoms with Gasteiger partial charge < -0.3 is 19.7 Å². The van der Waals surface area contributed by atoms with Gasteiger partial charge >= 0.3 is 11.9 Å². The average Bonchev–Trinajstić information content (AvgIpc) is 2.71. The number of carboxylic acids is 2. The van der Waals surface area contributed by atoms with Crippen LogP contribution in [0.2, 0.25) is 0 Å². The van der Waals surface area contributed by atoms with E-state index in [1.54, 1.807) is 0 Å². The second kappa shape index (κ2) is 2.26. The molecule has 3 aliphatic heterocycles. The monoisotopic (exact) mass is 200 g/mol. The molecule has 0 spiro atoms. The summed E-state index contributed by atoms with van der Waals surface area (Å²) in [6.45, 7) is 0. The third kappa shape index (κ3) is 0.777. The molecule has 0 aliphatic carbocycles. The highest BCUT2D eigenvalue weighted by Crippen LogP contribution is 2.53. The number of hydrogen-bond donors (Lipinski definition) is 2. The molecule has 3 heterocycles. The second-order valence-electron chi connectivity index (χ2n) is 3.86. The van der Waals surface area contributed by atoms with Crippen molar-refractivity contribution in [3.05, 3.63) is 0 Å². The van der Waals surface area contributed by atoms with E-state index < -0.39 is 36.0 Å². The smallest absolute Gasteiger partial charge is 0.310 e. The minimum absolute atomic E-state index is 0.184. The normalized spacial score (nSPS) is 52.9. The Morgan fingerprint density at radius 2 is 1.14 bits per heavy atom. The largest absolute Gasteiger partial charge is 0.481 e. The summed E-state index contributed by atoms with van der Waals surface area (Å²) < 4.78 is 10.4. The van der Waals surface area contributed by atoms with Crippen LogP contribution in [-0.4, -0.2) is 46.6 Å². The van der Waals surface area contributed by atoms with Crippen molar-refractivity contribution in [2.75, 3.05) is 0 Å². The van der Waals surface area contributed by atoms with Crippen LogP contribution in [0, 0.1) is 11.8 Å². The van der Waals surface area contributed by atoms with Gasteiger partial charge in [-0.3, -0.25) is 9.59 Å². The van der Waals surface area contributed by atoms with Gasteiger partial charge in [0, 0.05) is 0 Å². The molecule has 3 saturated heterocycles. The van der Waals surface area contributed by atoms with E-state index in [1.165, 1.54) is 0 Å². The number of hydrogen-bond acceptors (Lipinski definition) is 4. The van der Waals surface area contributed by atoms with Crippen LogP contribution in [0.3, 0.4) is 0 Å². The van der Waals surface area contributed by atoms with Crippen molar-refractivity contribution >= 4 is 11.9 Å². The summed E-state index contributed by atoms with van der Waals surface area (Å²) in [5.74, 6) is -4.14. The van der Waals surface area contributed by atoms with Crippen LogP contribution in [0.15, 0.2) is 0 Å². The summed E-state index contributed by atoms with van der Waals surface area (Å²) in [7, 11) is 0. The van der Waals surface area contributed by atoms with E-state index in [2.05, 4.69) is 0 Å². The van der Waals surface area contributed by atoms with Gasteiger partial charge in [-0.05, 0) is 0 Å². The second-order valence-corrected chi connectivity index (χ2v) is 3.86. The number of ether oxygens (including phenoxy) is 2. The van der Waals surface area contributed by atoms with Crippen LogP contribution >= 0.6 is 0 Å². The van der Waals surface area contributed by atoms with Gasteiger partial charge in [0.25, 0.3) is 0 Å². The first kappa shape index (κ1) is 8.19. The van der Waals surface area contributed by atoms with Gasteiger partial charge in [-0.15, -0.1) is 0 Å². The van der Waals surface area contributed by atoms with Gasteiger partial charge in [0.1, 0.15) is 36.3 Å². The van der Waals surface area contributed by atoms with E-state index in [9.17, 15) is 9.59 Å². The molecule has 6 heteroatoms. The Morgan fingerprint density at radius 1 is 0.786 bits per heavy atom. The molecule has 0 unspecified atom stereocenters. The van der Waals surface area contributed by atoms with Crippen LogP contribution in [0.5, 0.6) is 0 Å². The highest BCUT2D eigenvalue weighted by Gasteiger charge is 2.72. The summed E-state index contributed by atoms with van der Waals surface area (Å²) in [5, 5.41) is 17.8. The zero-order chi connectivity index (χ0) is 10.0. The zero-order valence-corrected chi connectivity index (χ0v) is 6.99. The highest BCUT2D eigenvalue weighted by atomic mass is 16.7. The fourth-order valence-electron chi connectivity index (χ4n) is 2.58. The summed E-state index contributed by atoms with van der Waals surface area (Å²) in [6.07, 6.45) is -1.50. The first-order chi connectivity index (χ1) is 6.61. The predicted molar refractivity (Wildman–Crippen MR) is 39.6 cm³/mol. The summed E-state index contributed by atoms with van der Waals surface area (Å²) >= 11 is 0. The SMILES string of the molecule is O=C(O)[C@@H]1[C@H]2O[C@H]([C@@H]3O[C@H]32)[C@@H]1C(=O)O. The molecule has 0 aromatic heterocycles. The third-order valence-corrected chi connectivity index (χ3v) is 3.19. The molecular formula is C8H8O6. The van der Waals surface area contributed by atoms with Crippen molar-refractivity contribution in [2.45, 2.75) is 24.4 Å². The minimum atomic E-state index is -1.11. The zero-order valence-electron chi connectivity index (χ0n) is 6.99. The number of epoxide rings is 1. The van der Waals surface area contributed by atoms with Crippen molar-refractivity contribution in [1.29, 1.82) is 0 Å². The van der Waals surface area contributed by atoms with Gasteiger partial charge in [-0.1, -0.05) is 0 Å². The lowest BCUT2D eigenvalue weighted by Crippen LogP contribution is -2.41. The Hall–Kier alpha value is -1.14. The van der Waals surface area contributed by atoms with E-state index in [0.29, 0.717) is 0 Å². The maximum absolute atomic E-state index is 10.9. The molecule has 2 N–H and O–H groups in total. The highest BCUT2D eigenvalue weighted by molar-refractivity contribution is 5.82. The predicted octanol–water partition coefficient (Wildman–Crippen LogP) is -1.06. The lowest BCUT2D eigenvalue weighted by atomic mass is 9.79. The summed E-state index contributed by atoms with van der Waals surface area (Å²) in [6, 6.07) is 0. The molecule has 0 radical (unpaired) electrons. The first-order valence-electron chi connectivity index (χ1n) is 4.38. The van der Waals surface area contributed by atoms with Crippen LogP contribution in [-0.2, 0) is 19.1 Å². The van der Waals surface area contributed by atoms with Crippen LogP contribution in [0.1, 0.15) is 0 Å². The van der Waals surface area contributed by atoms with Crippen LogP contribution in [0.25, 0.3) is 0 Å². The topological polar surface area (TPSA) is 96.4 Å². The fraction of sp³-hybridized carbons (Fsp3) is 0.750. The first-order valence-corrected chi connectivity index (χ1v) is 4.38. The van der Waals surface area contributed by atoms with Crippen molar-refractivity contribution in [3.63, 3.8) is 0 Å². The lowest BCUT2D eigenvalue weighted by Gasteiger charge is -2.17. The number of fused-ring (bicyclic) bond motifs is 5. The quantitative estimate of drug-likeness (QED) is 0.551. The lowest BCUT2D eigenvalue weighted by molar-refractivity contribution is -0.153. The molecule has 0 aromatic carbocycles. The fourth-order valence-corrected chi connectivity index (χ4v) is 2.58. The minimum Gasteiger partial charge on any atom is -0.481 e. The molecule has 0 saturated carbocycles. The van der Waals surface area contributed by atoms with Crippen LogP contribution < -0.4 is 0 Å². The molecule has 0 aromatic rings. The van der Waals surface area contributed by atoms with Gasteiger partial charge in [0.2, 0.25) is 0 Å². The van der Waals surface area contributed by atoms with Gasteiger partial charge in [0.15, 0.2) is 0 Å². The van der Waals surface area contributed by atoms with E-state index in [4.69, 9.17) is 19.7 Å². The molecule has 3 fully saturated rings. The molecule has 3 aliphatic rings. The van der Waals surface area contributed by atoms with Crippen molar-refractivity contribution in [1.82, 2.24) is 0 Å². The Labute approximate surface area is 78.4 Å². The molecule has 76 valence electrons. The summed E-state index contributed by atoms with van der Waals surface area (Å²) in [5.41, 5.74) is 0. The number of carboxylic acid groups (broad SMARTS) is 2. The standard InChI is InChI=1S/C8H8O6/c9-7(10)1-2(8(11)12)4-6-5(14-6)3(1)13-4/h1-6H,(H,9,10)(H,11,12)/t1-,2+,3+,4-,5-,6-/m0/s1. The van der Waals surface area contributed by atoms with Crippen molar-refractivity contribution in [3.8, 4) is 0 Å².